The smallest absolute Gasteiger partial charge is 0.251 e. The Kier molecular flexibility index (Phi) is 3.57. The average molecular weight is 245 g/mol. The summed E-state index contributed by atoms with van der Waals surface area (Å²) in [5, 5.41) is 7.28. The summed E-state index contributed by atoms with van der Waals surface area (Å²) < 4.78 is 1.60. The third-order valence-electron chi connectivity index (χ3n) is 2.43. The standard InChI is InChI=1S/C12H15N5O/c1-2-4-14-11-6-10(3-5-15-11)17-8-9(7-16-17)12(13)18/h3,5-8H,2,4H2,1H3,(H2,13,18)(H,14,15). The Hall–Kier alpha value is -2.37. The summed E-state index contributed by atoms with van der Waals surface area (Å²) in [6.07, 6.45) is 5.77. The van der Waals surface area contributed by atoms with Gasteiger partial charge in [0.25, 0.3) is 5.91 Å². The Morgan fingerprint density at radius 3 is 3.06 bits per heavy atom. The third kappa shape index (κ3) is 2.65. The number of nitrogens with zero attached hydrogens (tertiary/aromatic N) is 3. The van der Waals surface area contributed by atoms with E-state index < -0.39 is 5.91 Å². The molecule has 0 aliphatic heterocycles. The van der Waals surface area contributed by atoms with Crippen molar-refractivity contribution >= 4 is 11.7 Å². The van der Waals surface area contributed by atoms with Gasteiger partial charge in [-0.05, 0) is 12.5 Å². The van der Waals surface area contributed by atoms with Crippen LogP contribution < -0.4 is 11.1 Å². The summed E-state index contributed by atoms with van der Waals surface area (Å²) in [5.74, 6) is 0.296. The molecule has 2 aromatic heterocycles. The van der Waals surface area contributed by atoms with Crippen LogP contribution in [0.1, 0.15) is 23.7 Å². The number of nitrogens with one attached hydrogen (secondary N) is 1. The van der Waals surface area contributed by atoms with Crippen LogP contribution in [0.25, 0.3) is 5.69 Å². The predicted molar refractivity (Wildman–Crippen MR) is 68.7 cm³/mol. The molecule has 0 aliphatic rings. The van der Waals surface area contributed by atoms with E-state index in [1.807, 2.05) is 12.1 Å². The van der Waals surface area contributed by atoms with Crippen LogP contribution >= 0.6 is 0 Å². The van der Waals surface area contributed by atoms with Crippen LogP contribution in [0.15, 0.2) is 30.7 Å². The highest BCUT2D eigenvalue weighted by atomic mass is 16.1. The van der Waals surface area contributed by atoms with Crippen molar-refractivity contribution in [3.05, 3.63) is 36.3 Å². The van der Waals surface area contributed by atoms with Gasteiger partial charge in [-0.25, -0.2) is 9.67 Å². The lowest BCUT2D eigenvalue weighted by Gasteiger charge is -2.06. The molecule has 0 spiro atoms. The number of hydrogen-bond donors (Lipinski definition) is 2. The van der Waals surface area contributed by atoms with Crippen LogP contribution in [-0.2, 0) is 0 Å². The van der Waals surface area contributed by atoms with Gasteiger partial charge in [0.1, 0.15) is 5.82 Å². The first-order chi connectivity index (χ1) is 8.70. The molecule has 6 nitrogen and oxygen atoms in total. The first-order valence-corrected chi connectivity index (χ1v) is 5.75. The number of anilines is 1. The fraction of sp³-hybridized carbons (Fsp3) is 0.250. The lowest BCUT2D eigenvalue weighted by atomic mass is 10.3. The molecule has 2 rings (SSSR count). The third-order valence-corrected chi connectivity index (χ3v) is 2.43. The first-order valence-electron chi connectivity index (χ1n) is 5.75. The highest BCUT2D eigenvalue weighted by Gasteiger charge is 2.06. The number of rotatable bonds is 5. The SMILES string of the molecule is CCCNc1cc(-n2cc(C(N)=O)cn2)ccn1. The molecule has 1 amide bonds. The maximum atomic E-state index is 11.0. The maximum Gasteiger partial charge on any atom is 0.251 e. The molecule has 0 radical (unpaired) electrons. The fourth-order valence-electron chi connectivity index (χ4n) is 1.50. The molecule has 0 saturated heterocycles. The van der Waals surface area contributed by atoms with Crippen LogP contribution in [0.3, 0.4) is 0 Å². The quantitative estimate of drug-likeness (QED) is 0.828. The van der Waals surface area contributed by atoms with Gasteiger partial charge in [0, 0.05) is 25.0 Å². The molecule has 2 aromatic rings. The largest absolute Gasteiger partial charge is 0.370 e. The molecule has 94 valence electrons. The van der Waals surface area contributed by atoms with Crippen LogP contribution in [0.4, 0.5) is 5.82 Å². The zero-order chi connectivity index (χ0) is 13.0. The zero-order valence-electron chi connectivity index (χ0n) is 10.1. The van der Waals surface area contributed by atoms with Gasteiger partial charge in [-0.3, -0.25) is 4.79 Å². The maximum absolute atomic E-state index is 11.0. The number of pyridine rings is 1. The van der Waals surface area contributed by atoms with E-state index in [1.165, 1.54) is 6.20 Å². The van der Waals surface area contributed by atoms with Gasteiger partial charge < -0.3 is 11.1 Å². The topological polar surface area (TPSA) is 85.8 Å². The molecular weight excluding hydrogens is 230 g/mol. The number of amides is 1. The molecule has 0 aliphatic carbocycles. The van der Waals surface area contributed by atoms with Crippen molar-refractivity contribution in [3.63, 3.8) is 0 Å². The molecule has 3 N–H and O–H groups in total. The minimum atomic E-state index is -0.486. The Balaban J connectivity index is 2.23. The normalized spacial score (nSPS) is 10.3. The van der Waals surface area contributed by atoms with Gasteiger partial charge in [-0.15, -0.1) is 0 Å². The van der Waals surface area contributed by atoms with E-state index in [0.717, 1.165) is 24.5 Å². The van der Waals surface area contributed by atoms with E-state index in [9.17, 15) is 4.79 Å². The molecule has 0 bridgehead atoms. The van der Waals surface area contributed by atoms with Gasteiger partial charge in [0.15, 0.2) is 0 Å². The van der Waals surface area contributed by atoms with E-state index >= 15 is 0 Å². The fourth-order valence-corrected chi connectivity index (χ4v) is 1.50. The van der Waals surface area contributed by atoms with Crippen LogP contribution in [0, 0.1) is 0 Å². The molecule has 0 aromatic carbocycles. The monoisotopic (exact) mass is 245 g/mol. The van der Waals surface area contributed by atoms with Crippen molar-refractivity contribution < 1.29 is 4.79 Å². The summed E-state index contributed by atoms with van der Waals surface area (Å²) in [5.41, 5.74) is 6.40. The average Bonchev–Trinajstić information content (AvgIpc) is 2.86. The number of primary amides is 1. The molecule has 0 unspecified atom stereocenters. The van der Waals surface area contributed by atoms with Crippen molar-refractivity contribution in [1.82, 2.24) is 14.8 Å². The van der Waals surface area contributed by atoms with Gasteiger partial charge >= 0.3 is 0 Å². The number of carbonyl (C=O) groups is 1. The minimum Gasteiger partial charge on any atom is -0.370 e. The second kappa shape index (κ2) is 5.31. The number of carbonyl (C=O) groups excluding carboxylic acids is 1. The minimum absolute atomic E-state index is 0.384. The highest BCUT2D eigenvalue weighted by Crippen LogP contribution is 2.12. The summed E-state index contributed by atoms with van der Waals surface area (Å²) in [4.78, 5) is 15.2. The number of hydrogen-bond acceptors (Lipinski definition) is 4. The Morgan fingerprint density at radius 1 is 1.56 bits per heavy atom. The van der Waals surface area contributed by atoms with E-state index in [-0.39, 0.29) is 0 Å². The Labute approximate surface area is 105 Å². The van der Waals surface area contributed by atoms with Crippen molar-refractivity contribution in [2.75, 3.05) is 11.9 Å². The molecule has 0 atom stereocenters. The van der Waals surface area contributed by atoms with Crippen molar-refractivity contribution in [1.29, 1.82) is 0 Å². The van der Waals surface area contributed by atoms with Crippen LogP contribution in [0.2, 0.25) is 0 Å². The molecule has 0 fully saturated rings. The summed E-state index contributed by atoms with van der Waals surface area (Å²) in [7, 11) is 0. The predicted octanol–water partition coefficient (Wildman–Crippen LogP) is 1.19. The summed E-state index contributed by atoms with van der Waals surface area (Å²) >= 11 is 0. The van der Waals surface area contributed by atoms with Crippen molar-refractivity contribution in [3.8, 4) is 5.69 Å². The summed E-state index contributed by atoms with van der Waals surface area (Å²) in [6, 6.07) is 3.68. The second-order valence-electron chi connectivity index (χ2n) is 3.86. The Morgan fingerprint density at radius 2 is 2.39 bits per heavy atom. The molecule has 0 saturated carbocycles. The second-order valence-corrected chi connectivity index (χ2v) is 3.86. The van der Waals surface area contributed by atoms with Crippen LogP contribution in [0.5, 0.6) is 0 Å². The lowest BCUT2D eigenvalue weighted by Crippen LogP contribution is -2.09. The van der Waals surface area contributed by atoms with Crippen molar-refractivity contribution in [2.45, 2.75) is 13.3 Å². The van der Waals surface area contributed by atoms with E-state index in [2.05, 4.69) is 22.3 Å². The van der Waals surface area contributed by atoms with E-state index in [4.69, 9.17) is 5.73 Å². The summed E-state index contributed by atoms with van der Waals surface area (Å²) in [6.45, 7) is 2.95. The van der Waals surface area contributed by atoms with Crippen LogP contribution in [-0.4, -0.2) is 27.2 Å². The van der Waals surface area contributed by atoms with Gasteiger partial charge in [-0.1, -0.05) is 6.92 Å². The molecular formula is C12H15N5O. The van der Waals surface area contributed by atoms with Gasteiger partial charge in [0.05, 0.1) is 17.4 Å². The first kappa shape index (κ1) is 12.1. The molecule has 2 heterocycles. The van der Waals surface area contributed by atoms with Gasteiger partial charge in [-0.2, -0.15) is 5.10 Å². The molecule has 6 heteroatoms. The van der Waals surface area contributed by atoms with Crippen molar-refractivity contribution in [2.24, 2.45) is 5.73 Å². The molecule has 18 heavy (non-hydrogen) atoms. The van der Waals surface area contributed by atoms with E-state index in [1.54, 1.807) is 17.1 Å². The van der Waals surface area contributed by atoms with Gasteiger partial charge in [0.2, 0.25) is 0 Å². The van der Waals surface area contributed by atoms with E-state index in [0.29, 0.717) is 5.56 Å². The number of aromatic nitrogens is 3. The Bertz CT molecular complexity index is 549. The highest BCUT2D eigenvalue weighted by molar-refractivity contribution is 5.92. The lowest BCUT2D eigenvalue weighted by molar-refractivity contribution is 0.100. The zero-order valence-corrected chi connectivity index (χ0v) is 10.1. The number of nitrogens with two attached hydrogens (primary N) is 1.